The summed E-state index contributed by atoms with van der Waals surface area (Å²) in [4.78, 5) is 32.2. The summed E-state index contributed by atoms with van der Waals surface area (Å²) in [5.41, 5.74) is 1.76. The van der Waals surface area contributed by atoms with Crippen molar-refractivity contribution in [3.8, 4) is 0 Å². The molecule has 24 heavy (non-hydrogen) atoms. The van der Waals surface area contributed by atoms with Crippen LogP contribution in [-0.4, -0.2) is 39.8 Å². The molecular formula is C19H19N3O2. The van der Waals surface area contributed by atoms with Crippen molar-refractivity contribution in [2.24, 2.45) is 0 Å². The van der Waals surface area contributed by atoms with Crippen LogP contribution in [-0.2, 0) is 4.79 Å². The van der Waals surface area contributed by atoms with E-state index in [-0.39, 0.29) is 24.0 Å². The Bertz CT molecular complexity index is 759. The number of nitrogens with zero attached hydrogens (tertiary/aromatic N) is 3. The lowest BCUT2D eigenvalue weighted by molar-refractivity contribution is -0.124. The van der Waals surface area contributed by atoms with Crippen molar-refractivity contribution in [3.05, 3.63) is 72.1 Å². The van der Waals surface area contributed by atoms with Crippen molar-refractivity contribution in [1.29, 1.82) is 0 Å². The van der Waals surface area contributed by atoms with E-state index < -0.39 is 0 Å². The summed E-state index contributed by atoms with van der Waals surface area (Å²) in [6.45, 7) is 1.95. The second-order valence-electron chi connectivity index (χ2n) is 5.82. The minimum atomic E-state index is -0.325. The Balaban J connectivity index is 1.90. The molecular weight excluding hydrogens is 302 g/mol. The molecule has 3 rings (SSSR count). The monoisotopic (exact) mass is 321 g/mol. The number of carbonyl (C=O) groups is 2. The van der Waals surface area contributed by atoms with Crippen LogP contribution in [0.15, 0.2) is 60.9 Å². The van der Waals surface area contributed by atoms with Crippen molar-refractivity contribution < 1.29 is 9.59 Å². The van der Waals surface area contributed by atoms with Gasteiger partial charge < -0.3 is 4.90 Å². The first-order chi connectivity index (χ1) is 11.6. The van der Waals surface area contributed by atoms with Crippen molar-refractivity contribution in [3.63, 3.8) is 0 Å². The van der Waals surface area contributed by atoms with E-state index in [1.54, 1.807) is 36.5 Å². The van der Waals surface area contributed by atoms with Gasteiger partial charge in [0.15, 0.2) is 0 Å². The number of aromatic nitrogens is 1. The lowest BCUT2D eigenvalue weighted by Gasteiger charge is -2.23. The highest BCUT2D eigenvalue weighted by Crippen LogP contribution is 2.34. The molecule has 2 heterocycles. The summed E-state index contributed by atoms with van der Waals surface area (Å²) in [6.07, 6.45) is 6.44. The van der Waals surface area contributed by atoms with Gasteiger partial charge in [0.05, 0.1) is 12.1 Å². The van der Waals surface area contributed by atoms with Crippen molar-refractivity contribution >= 4 is 18.0 Å². The minimum Gasteiger partial charge on any atom is -0.322 e. The first-order valence-electron chi connectivity index (χ1n) is 7.82. The first kappa shape index (κ1) is 15.9. The molecule has 0 saturated carbocycles. The summed E-state index contributed by atoms with van der Waals surface area (Å²) in [6, 6.07) is 12.6. The van der Waals surface area contributed by atoms with Crippen LogP contribution < -0.4 is 0 Å². The molecule has 1 fully saturated rings. The molecule has 2 unspecified atom stereocenters. The average Bonchev–Trinajstić information content (AvgIpc) is 2.85. The Labute approximate surface area is 141 Å². The third-order valence-corrected chi connectivity index (χ3v) is 4.34. The van der Waals surface area contributed by atoms with E-state index in [1.165, 1.54) is 11.0 Å². The smallest absolute Gasteiger partial charge is 0.322 e. The summed E-state index contributed by atoms with van der Waals surface area (Å²) < 4.78 is 0. The van der Waals surface area contributed by atoms with Crippen LogP contribution in [0.3, 0.4) is 0 Å². The number of rotatable bonds is 3. The molecule has 1 saturated heterocycles. The number of hydrogen-bond acceptors (Lipinski definition) is 3. The molecule has 5 heteroatoms. The van der Waals surface area contributed by atoms with Crippen LogP contribution in [0.5, 0.6) is 0 Å². The average molecular weight is 321 g/mol. The van der Waals surface area contributed by atoms with Gasteiger partial charge in [0.1, 0.15) is 0 Å². The summed E-state index contributed by atoms with van der Waals surface area (Å²) in [5, 5.41) is 0. The van der Waals surface area contributed by atoms with E-state index in [9.17, 15) is 9.59 Å². The minimum absolute atomic E-state index is 0.0874. The zero-order valence-electron chi connectivity index (χ0n) is 13.7. The van der Waals surface area contributed by atoms with Gasteiger partial charge in [-0.15, -0.1) is 0 Å². The molecule has 1 aliphatic rings. The van der Waals surface area contributed by atoms with Gasteiger partial charge in [0.2, 0.25) is 0 Å². The first-order valence-corrected chi connectivity index (χ1v) is 7.82. The van der Waals surface area contributed by atoms with Crippen molar-refractivity contribution in [2.45, 2.75) is 19.0 Å². The lowest BCUT2D eigenvalue weighted by atomic mass is 10.0. The maximum Gasteiger partial charge on any atom is 0.327 e. The quantitative estimate of drug-likeness (QED) is 0.816. The third kappa shape index (κ3) is 2.93. The van der Waals surface area contributed by atoms with Gasteiger partial charge >= 0.3 is 6.03 Å². The predicted octanol–water partition coefficient (Wildman–Crippen LogP) is 3.12. The Morgan fingerprint density at radius 3 is 2.58 bits per heavy atom. The van der Waals surface area contributed by atoms with E-state index in [4.69, 9.17) is 0 Å². The van der Waals surface area contributed by atoms with Gasteiger partial charge in [-0.25, -0.2) is 4.79 Å². The summed E-state index contributed by atoms with van der Waals surface area (Å²) in [5.74, 6) is -0.325. The number of imide groups is 1. The van der Waals surface area contributed by atoms with Gasteiger partial charge in [-0.05, 0) is 30.2 Å². The summed E-state index contributed by atoms with van der Waals surface area (Å²) >= 11 is 0. The molecule has 122 valence electrons. The van der Waals surface area contributed by atoms with Gasteiger partial charge in [-0.1, -0.05) is 36.4 Å². The Morgan fingerprint density at radius 2 is 1.92 bits per heavy atom. The fourth-order valence-corrected chi connectivity index (χ4v) is 2.92. The predicted molar refractivity (Wildman–Crippen MR) is 91.9 cm³/mol. The second-order valence-corrected chi connectivity index (χ2v) is 5.82. The number of benzene rings is 1. The standard InChI is InChI=1S/C19H19N3O2/c1-14-18(16-8-4-3-5-9-16)22(19(24)21(14)2)17(23)11-10-15-7-6-12-20-13-15/h3-14,18H,1-2H3. The maximum absolute atomic E-state index is 12.7. The molecule has 5 nitrogen and oxygen atoms in total. The fraction of sp³-hybridized carbons (Fsp3) is 0.211. The van der Waals surface area contributed by atoms with Gasteiger partial charge in [-0.3, -0.25) is 14.7 Å². The molecule has 0 radical (unpaired) electrons. The number of amides is 3. The van der Waals surface area contributed by atoms with E-state index in [1.807, 2.05) is 43.3 Å². The Morgan fingerprint density at radius 1 is 1.17 bits per heavy atom. The Hall–Kier alpha value is -2.95. The number of hydrogen-bond donors (Lipinski definition) is 0. The van der Waals surface area contributed by atoms with Crippen LogP contribution in [0.2, 0.25) is 0 Å². The second kappa shape index (κ2) is 6.66. The molecule has 0 bridgehead atoms. The number of pyridine rings is 1. The van der Waals surface area contributed by atoms with Gasteiger partial charge in [0, 0.05) is 25.5 Å². The highest BCUT2D eigenvalue weighted by Gasteiger charge is 2.44. The van der Waals surface area contributed by atoms with Crippen LogP contribution >= 0.6 is 0 Å². The Kier molecular flexibility index (Phi) is 4.42. The molecule has 2 aromatic rings. The van der Waals surface area contributed by atoms with Gasteiger partial charge in [-0.2, -0.15) is 0 Å². The van der Waals surface area contributed by atoms with Gasteiger partial charge in [0.25, 0.3) is 5.91 Å². The van der Waals surface area contributed by atoms with E-state index in [0.29, 0.717) is 0 Å². The maximum atomic E-state index is 12.7. The summed E-state index contributed by atoms with van der Waals surface area (Å²) in [7, 11) is 1.72. The molecule has 0 N–H and O–H groups in total. The van der Waals surface area contributed by atoms with Crippen LogP contribution in [0, 0.1) is 0 Å². The molecule has 3 amide bonds. The highest BCUT2D eigenvalue weighted by molar-refractivity contribution is 6.04. The molecule has 1 aliphatic heterocycles. The normalized spacial score (nSPS) is 20.8. The lowest BCUT2D eigenvalue weighted by Crippen LogP contribution is -2.35. The fourth-order valence-electron chi connectivity index (χ4n) is 2.92. The van der Waals surface area contributed by atoms with Crippen LogP contribution in [0.1, 0.15) is 24.1 Å². The zero-order chi connectivity index (χ0) is 17.1. The van der Waals surface area contributed by atoms with E-state index in [2.05, 4.69) is 4.98 Å². The SMILES string of the molecule is CC1C(c2ccccc2)N(C(=O)C=Cc2cccnc2)C(=O)N1C. The number of urea groups is 1. The third-order valence-electron chi connectivity index (χ3n) is 4.34. The topological polar surface area (TPSA) is 53.5 Å². The molecule has 1 aromatic carbocycles. The molecule has 2 atom stereocenters. The number of likely N-dealkylation sites (N-methyl/N-ethyl adjacent to an activating group) is 1. The largest absolute Gasteiger partial charge is 0.327 e. The van der Waals surface area contributed by atoms with E-state index in [0.717, 1.165) is 11.1 Å². The number of carbonyl (C=O) groups excluding carboxylic acids is 2. The van der Waals surface area contributed by atoms with Crippen molar-refractivity contribution in [1.82, 2.24) is 14.8 Å². The molecule has 1 aromatic heterocycles. The van der Waals surface area contributed by atoms with Crippen LogP contribution in [0.25, 0.3) is 6.08 Å². The zero-order valence-corrected chi connectivity index (χ0v) is 13.7. The van der Waals surface area contributed by atoms with Crippen LogP contribution in [0.4, 0.5) is 4.79 Å². The highest BCUT2D eigenvalue weighted by atomic mass is 16.2. The molecule has 0 spiro atoms. The van der Waals surface area contributed by atoms with Crippen molar-refractivity contribution in [2.75, 3.05) is 7.05 Å². The molecule has 0 aliphatic carbocycles. The van der Waals surface area contributed by atoms with E-state index >= 15 is 0 Å².